The Hall–Kier alpha value is -4.84. The van der Waals surface area contributed by atoms with Gasteiger partial charge in [0.05, 0.1) is 28.3 Å². The minimum atomic E-state index is -0.201. The van der Waals surface area contributed by atoms with Crippen LogP contribution in [-0.2, 0) is 0 Å². The van der Waals surface area contributed by atoms with Gasteiger partial charge in [0.15, 0.2) is 0 Å². The van der Waals surface area contributed by atoms with Crippen molar-refractivity contribution in [2.24, 2.45) is 5.10 Å². The van der Waals surface area contributed by atoms with Crippen LogP contribution in [0.3, 0.4) is 0 Å². The number of amides is 1. The van der Waals surface area contributed by atoms with Crippen LogP contribution >= 0.6 is 0 Å². The Balaban J connectivity index is 1.36. The van der Waals surface area contributed by atoms with E-state index in [4.69, 9.17) is 5.10 Å². The summed E-state index contributed by atoms with van der Waals surface area (Å²) < 4.78 is 1.58. The van der Waals surface area contributed by atoms with Crippen LogP contribution in [0.1, 0.15) is 45.3 Å². The Labute approximate surface area is 220 Å². The van der Waals surface area contributed by atoms with Gasteiger partial charge in [0.1, 0.15) is 5.82 Å². The molecular weight excluding hydrogens is 472 g/mol. The Kier molecular flexibility index (Phi) is 5.92. The summed E-state index contributed by atoms with van der Waals surface area (Å²) in [6.07, 6.45) is 0.633. The molecule has 4 aromatic carbocycles. The summed E-state index contributed by atoms with van der Waals surface area (Å²) in [7, 11) is 0. The second kappa shape index (κ2) is 9.56. The fourth-order valence-electron chi connectivity index (χ4n) is 4.98. The van der Waals surface area contributed by atoms with Crippen molar-refractivity contribution < 1.29 is 4.79 Å². The quantitative estimate of drug-likeness (QED) is 0.306. The van der Waals surface area contributed by atoms with Crippen LogP contribution in [0.5, 0.6) is 0 Å². The number of hydrogen-bond acceptors (Lipinski definition) is 4. The maximum atomic E-state index is 13.8. The van der Waals surface area contributed by atoms with Crippen LogP contribution in [0.15, 0.2) is 113 Å². The zero-order valence-corrected chi connectivity index (χ0v) is 21.2. The zero-order chi connectivity index (χ0) is 26.2. The van der Waals surface area contributed by atoms with Gasteiger partial charge in [-0.25, -0.2) is 9.99 Å². The van der Waals surface area contributed by atoms with E-state index >= 15 is 0 Å². The molecular formula is C32H26N4O2. The van der Waals surface area contributed by atoms with Crippen molar-refractivity contribution in [1.82, 2.24) is 14.6 Å². The minimum absolute atomic E-state index is 0.136. The number of fused-ring (bicyclic) bond motifs is 1. The highest BCUT2D eigenvalue weighted by Crippen LogP contribution is 2.34. The first kappa shape index (κ1) is 23.6. The Bertz CT molecular complexity index is 1740. The molecule has 6 heteroatoms. The van der Waals surface area contributed by atoms with E-state index in [2.05, 4.69) is 29.2 Å². The van der Waals surface area contributed by atoms with Gasteiger partial charge >= 0.3 is 0 Å². The molecule has 0 spiro atoms. The second-order valence-electron chi connectivity index (χ2n) is 9.56. The highest BCUT2D eigenvalue weighted by molar-refractivity contribution is 6.05. The van der Waals surface area contributed by atoms with Gasteiger partial charge in [0.25, 0.3) is 11.5 Å². The number of benzene rings is 4. The monoisotopic (exact) mass is 498 g/mol. The first-order valence-electron chi connectivity index (χ1n) is 12.6. The van der Waals surface area contributed by atoms with E-state index in [0.717, 1.165) is 22.4 Å². The highest BCUT2D eigenvalue weighted by atomic mass is 16.2. The number of aryl methyl sites for hydroxylation is 2. The number of carbonyl (C=O) groups excluding carboxylic acids is 1. The molecule has 186 valence electrons. The number of carbonyl (C=O) groups is 1. The van der Waals surface area contributed by atoms with Gasteiger partial charge in [0.2, 0.25) is 0 Å². The molecule has 0 saturated heterocycles. The van der Waals surface area contributed by atoms with Crippen molar-refractivity contribution in [2.75, 3.05) is 0 Å². The number of para-hydroxylation sites is 1. The van der Waals surface area contributed by atoms with E-state index in [1.54, 1.807) is 39.9 Å². The smallest absolute Gasteiger partial charge is 0.268 e. The molecule has 1 unspecified atom stereocenters. The average Bonchev–Trinajstić information content (AvgIpc) is 3.39. The Morgan fingerprint density at radius 2 is 1.50 bits per heavy atom. The summed E-state index contributed by atoms with van der Waals surface area (Å²) in [4.78, 5) is 31.6. The highest BCUT2D eigenvalue weighted by Gasteiger charge is 2.33. The molecule has 0 radical (unpaired) electrons. The molecule has 2 heterocycles. The molecule has 1 aliphatic heterocycles. The number of aromatic nitrogens is 2. The van der Waals surface area contributed by atoms with Crippen LogP contribution in [0.25, 0.3) is 16.6 Å². The van der Waals surface area contributed by atoms with Crippen LogP contribution in [-0.4, -0.2) is 26.2 Å². The average molecular weight is 499 g/mol. The maximum Gasteiger partial charge on any atom is 0.274 e. The summed E-state index contributed by atoms with van der Waals surface area (Å²) in [5, 5.41) is 6.94. The molecule has 6 rings (SSSR count). The Morgan fingerprint density at radius 3 is 2.24 bits per heavy atom. The lowest BCUT2D eigenvalue weighted by Crippen LogP contribution is -2.27. The van der Waals surface area contributed by atoms with Crippen LogP contribution in [0.2, 0.25) is 0 Å². The van der Waals surface area contributed by atoms with Gasteiger partial charge in [-0.2, -0.15) is 5.10 Å². The van der Waals surface area contributed by atoms with Crippen molar-refractivity contribution in [2.45, 2.75) is 26.3 Å². The fraction of sp³-hybridized carbons (Fsp3) is 0.125. The summed E-state index contributed by atoms with van der Waals surface area (Å²) in [6, 6.07) is 32.4. The molecule has 1 aliphatic rings. The normalized spacial score (nSPS) is 15.1. The molecule has 6 nitrogen and oxygen atoms in total. The number of hydrazone groups is 1. The van der Waals surface area contributed by atoms with Gasteiger partial charge < -0.3 is 0 Å². The van der Waals surface area contributed by atoms with Crippen molar-refractivity contribution in [3.63, 3.8) is 0 Å². The lowest BCUT2D eigenvalue weighted by Gasteiger charge is -2.22. The summed E-state index contributed by atoms with van der Waals surface area (Å²) in [5.41, 5.74) is 5.79. The molecule has 0 N–H and O–H groups in total. The Morgan fingerprint density at radius 1 is 0.816 bits per heavy atom. The van der Waals surface area contributed by atoms with Crippen molar-refractivity contribution in [1.29, 1.82) is 0 Å². The molecule has 1 atom stereocenters. The first-order valence-corrected chi connectivity index (χ1v) is 12.6. The number of rotatable bonds is 4. The summed E-state index contributed by atoms with van der Waals surface area (Å²) in [6.45, 7) is 3.86. The zero-order valence-electron chi connectivity index (χ0n) is 21.2. The van der Waals surface area contributed by atoms with Gasteiger partial charge in [-0.05, 0) is 61.4 Å². The summed E-state index contributed by atoms with van der Waals surface area (Å²) in [5.74, 6) is 0.401. The van der Waals surface area contributed by atoms with E-state index in [-0.39, 0.29) is 17.5 Å². The van der Waals surface area contributed by atoms with E-state index < -0.39 is 0 Å². The fourth-order valence-corrected chi connectivity index (χ4v) is 4.98. The van der Waals surface area contributed by atoms with Gasteiger partial charge in [-0.1, -0.05) is 72.3 Å². The van der Waals surface area contributed by atoms with Crippen LogP contribution in [0, 0.1) is 13.8 Å². The lowest BCUT2D eigenvalue weighted by molar-refractivity contribution is 0.0711. The topological polar surface area (TPSA) is 67.6 Å². The third kappa shape index (κ3) is 4.20. The van der Waals surface area contributed by atoms with E-state index in [0.29, 0.717) is 34.4 Å². The SMILES string of the molecule is Cc1ccc(C2CC(c3ccccc3)=NN2C(=O)c2ccc(-n3c(C)nc4ccccc4c3=O)cc2)cc1. The van der Waals surface area contributed by atoms with E-state index in [9.17, 15) is 9.59 Å². The van der Waals surface area contributed by atoms with Crippen molar-refractivity contribution in [3.05, 3.63) is 142 Å². The maximum absolute atomic E-state index is 13.8. The number of nitrogens with zero attached hydrogens (tertiary/aromatic N) is 4. The van der Waals surface area contributed by atoms with Crippen LogP contribution < -0.4 is 5.56 Å². The predicted octanol–water partition coefficient (Wildman–Crippen LogP) is 5.99. The molecule has 0 aliphatic carbocycles. The predicted molar refractivity (Wildman–Crippen MR) is 150 cm³/mol. The summed E-state index contributed by atoms with van der Waals surface area (Å²) >= 11 is 0. The molecule has 0 fully saturated rings. The van der Waals surface area contributed by atoms with Gasteiger partial charge in [-0.15, -0.1) is 0 Å². The molecule has 1 aromatic heterocycles. The second-order valence-corrected chi connectivity index (χ2v) is 9.56. The van der Waals surface area contributed by atoms with Crippen molar-refractivity contribution in [3.8, 4) is 5.69 Å². The third-order valence-corrected chi connectivity index (χ3v) is 7.00. The standard InChI is InChI=1S/C32H26N4O2/c1-21-12-14-24(15-13-21)30-20-29(23-8-4-3-5-9-23)34-36(30)31(37)25-16-18-26(19-17-25)35-22(2)33-28-11-7-6-10-27(28)32(35)38/h3-19,30H,20H2,1-2H3. The molecule has 0 bridgehead atoms. The third-order valence-electron chi connectivity index (χ3n) is 7.00. The first-order chi connectivity index (χ1) is 18.5. The van der Waals surface area contributed by atoms with Gasteiger partial charge in [0, 0.05) is 12.0 Å². The largest absolute Gasteiger partial charge is 0.274 e. The van der Waals surface area contributed by atoms with Crippen molar-refractivity contribution >= 4 is 22.5 Å². The lowest BCUT2D eigenvalue weighted by atomic mass is 9.97. The molecule has 0 saturated carbocycles. The number of hydrogen-bond donors (Lipinski definition) is 0. The molecule has 38 heavy (non-hydrogen) atoms. The van der Waals surface area contributed by atoms with Gasteiger partial charge in [-0.3, -0.25) is 14.2 Å². The van der Waals surface area contributed by atoms with E-state index in [1.165, 1.54) is 0 Å². The van der Waals surface area contributed by atoms with E-state index in [1.807, 2.05) is 62.4 Å². The molecule has 5 aromatic rings. The molecule has 1 amide bonds. The van der Waals surface area contributed by atoms with Crippen LogP contribution in [0.4, 0.5) is 0 Å². The minimum Gasteiger partial charge on any atom is -0.268 e.